The van der Waals surface area contributed by atoms with Crippen LogP contribution in [0.4, 0.5) is 5.69 Å². The number of piperidine rings is 1. The zero-order chi connectivity index (χ0) is 13.9. The molecule has 1 nitrogen and oxygen atoms in total. The zero-order valence-electron chi connectivity index (χ0n) is 12.4. The maximum atomic E-state index is 2.57. The van der Waals surface area contributed by atoms with Gasteiger partial charge in [-0.25, -0.2) is 0 Å². The summed E-state index contributed by atoms with van der Waals surface area (Å²) in [6.45, 7) is 5.89. The lowest BCUT2D eigenvalue weighted by molar-refractivity contribution is 0.390. The van der Waals surface area contributed by atoms with E-state index in [-0.39, 0.29) is 0 Å². The lowest BCUT2D eigenvalue weighted by Gasteiger charge is -2.38. The molecule has 2 aromatic rings. The van der Waals surface area contributed by atoms with E-state index in [4.69, 9.17) is 0 Å². The number of rotatable bonds is 2. The van der Waals surface area contributed by atoms with Gasteiger partial charge in [-0.05, 0) is 48.9 Å². The first kappa shape index (κ1) is 13.2. The maximum absolute atomic E-state index is 2.57. The highest BCUT2D eigenvalue weighted by Gasteiger charge is 2.23. The molecule has 2 aromatic carbocycles. The van der Waals surface area contributed by atoms with Crippen molar-refractivity contribution in [1.29, 1.82) is 0 Å². The van der Waals surface area contributed by atoms with Crippen molar-refractivity contribution in [3.63, 3.8) is 0 Å². The molecule has 0 aliphatic carbocycles. The third-order valence-electron chi connectivity index (χ3n) is 4.40. The van der Waals surface area contributed by atoms with Crippen LogP contribution in [0.5, 0.6) is 0 Å². The molecule has 0 aromatic heterocycles. The fourth-order valence-electron chi connectivity index (χ4n) is 3.14. The third-order valence-corrected chi connectivity index (χ3v) is 4.40. The molecule has 0 N–H and O–H groups in total. The van der Waals surface area contributed by atoms with Crippen LogP contribution in [0, 0.1) is 5.92 Å². The van der Waals surface area contributed by atoms with E-state index in [2.05, 4.69) is 73.3 Å². The van der Waals surface area contributed by atoms with E-state index >= 15 is 0 Å². The van der Waals surface area contributed by atoms with E-state index in [0.29, 0.717) is 6.04 Å². The summed E-state index contributed by atoms with van der Waals surface area (Å²) in [5.41, 5.74) is 3.98. The molecule has 0 spiro atoms. The van der Waals surface area contributed by atoms with Crippen molar-refractivity contribution in [2.24, 2.45) is 5.92 Å². The van der Waals surface area contributed by atoms with Gasteiger partial charge in [-0.2, -0.15) is 0 Å². The van der Waals surface area contributed by atoms with Crippen LogP contribution < -0.4 is 4.90 Å². The average molecular weight is 265 g/mol. The van der Waals surface area contributed by atoms with Gasteiger partial charge in [0, 0.05) is 18.3 Å². The molecule has 0 amide bonds. The van der Waals surface area contributed by atoms with Gasteiger partial charge in [0.2, 0.25) is 0 Å². The number of benzene rings is 2. The second kappa shape index (κ2) is 5.70. The van der Waals surface area contributed by atoms with Crippen molar-refractivity contribution in [1.82, 2.24) is 0 Å². The van der Waals surface area contributed by atoms with Crippen molar-refractivity contribution in [3.8, 4) is 11.1 Å². The highest BCUT2D eigenvalue weighted by molar-refractivity contribution is 5.68. The summed E-state index contributed by atoms with van der Waals surface area (Å²) in [6.07, 6.45) is 2.66. The van der Waals surface area contributed by atoms with Crippen molar-refractivity contribution >= 4 is 5.69 Å². The molecule has 0 radical (unpaired) electrons. The van der Waals surface area contributed by atoms with Crippen molar-refractivity contribution in [2.45, 2.75) is 32.7 Å². The SMILES string of the molecule is CC1CCC(C)N(c2cccc(-c3ccccc3)c2)C1. The van der Waals surface area contributed by atoms with Gasteiger partial charge in [0.1, 0.15) is 0 Å². The summed E-state index contributed by atoms with van der Waals surface area (Å²) in [6, 6.07) is 20.3. The van der Waals surface area contributed by atoms with Crippen LogP contribution in [-0.4, -0.2) is 12.6 Å². The van der Waals surface area contributed by atoms with Gasteiger partial charge in [-0.15, -0.1) is 0 Å². The van der Waals surface area contributed by atoms with Gasteiger partial charge in [0.05, 0.1) is 0 Å². The van der Waals surface area contributed by atoms with Gasteiger partial charge >= 0.3 is 0 Å². The first-order chi connectivity index (χ1) is 9.74. The van der Waals surface area contributed by atoms with Crippen molar-refractivity contribution < 1.29 is 0 Å². The number of hydrogen-bond donors (Lipinski definition) is 0. The summed E-state index contributed by atoms with van der Waals surface area (Å²) in [5, 5.41) is 0. The number of hydrogen-bond acceptors (Lipinski definition) is 1. The molecule has 2 atom stereocenters. The van der Waals surface area contributed by atoms with Gasteiger partial charge in [0.25, 0.3) is 0 Å². The van der Waals surface area contributed by atoms with E-state index in [1.165, 1.54) is 36.2 Å². The van der Waals surface area contributed by atoms with E-state index < -0.39 is 0 Å². The molecule has 1 fully saturated rings. The molecule has 1 aliphatic rings. The van der Waals surface area contributed by atoms with Gasteiger partial charge in [0.15, 0.2) is 0 Å². The van der Waals surface area contributed by atoms with Crippen LogP contribution in [0.2, 0.25) is 0 Å². The molecule has 104 valence electrons. The van der Waals surface area contributed by atoms with Crippen LogP contribution in [0.25, 0.3) is 11.1 Å². The van der Waals surface area contributed by atoms with E-state index in [1.807, 2.05) is 0 Å². The topological polar surface area (TPSA) is 3.24 Å². The standard InChI is InChI=1S/C19H23N/c1-15-11-12-16(2)20(14-15)19-10-6-9-18(13-19)17-7-4-3-5-8-17/h3-10,13,15-16H,11-12,14H2,1-2H3. The zero-order valence-corrected chi connectivity index (χ0v) is 12.4. The average Bonchev–Trinajstić information content (AvgIpc) is 2.51. The fraction of sp³-hybridized carbons (Fsp3) is 0.368. The Morgan fingerprint density at radius 3 is 2.40 bits per heavy atom. The molecule has 0 bridgehead atoms. The van der Waals surface area contributed by atoms with Gasteiger partial charge < -0.3 is 4.90 Å². The molecule has 1 heteroatoms. The molecule has 1 saturated heterocycles. The first-order valence-corrected chi connectivity index (χ1v) is 7.66. The minimum Gasteiger partial charge on any atom is -0.369 e. The van der Waals surface area contributed by atoms with Crippen molar-refractivity contribution in [3.05, 3.63) is 54.6 Å². The molecule has 2 unspecified atom stereocenters. The molecule has 3 rings (SSSR count). The Morgan fingerprint density at radius 1 is 0.850 bits per heavy atom. The largest absolute Gasteiger partial charge is 0.369 e. The Labute approximate surface area is 122 Å². The summed E-state index contributed by atoms with van der Waals surface area (Å²) in [5.74, 6) is 0.798. The molecule has 1 heterocycles. The Bertz CT molecular complexity index is 561. The van der Waals surface area contributed by atoms with E-state index in [1.54, 1.807) is 0 Å². The monoisotopic (exact) mass is 265 g/mol. The van der Waals surface area contributed by atoms with Crippen LogP contribution in [0.1, 0.15) is 26.7 Å². The second-order valence-corrected chi connectivity index (χ2v) is 6.10. The quantitative estimate of drug-likeness (QED) is 0.740. The summed E-state index contributed by atoms with van der Waals surface area (Å²) in [4.78, 5) is 2.57. The van der Waals surface area contributed by atoms with Gasteiger partial charge in [-0.3, -0.25) is 0 Å². The first-order valence-electron chi connectivity index (χ1n) is 7.66. The Hall–Kier alpha value is -1.76. The summed E-state index contributed by atoms with van der Waals surface area (Å²) >= 11 is 0. The summed E-state index contributed by atoms with van der Waals surface area (Å²) < 4.78 is 0. The number of anilines is 1. The van der Waals surface area contributed by atoms with Crippen LogP contribution in [0.15, 0.2) is 54.6 Å². The van der Waals surface area contributed by atoms with Crippen LogP contribution >= 0.6 is 0 Å². The van der Waals surface area contributed by atoms with Crippen LogP contribution in [-0.2, 0) is 0 Å². The Kier molecular flexibility index (Phi) is 3.77. The molecular weight excluding hydrogens is 242 g/mol. The smallest absolute Gasteiger partial charge is 0.0374 e. The van der Waals surface area contributed by atoms with E-state index in [9.17, 15) is 0 Å². The van der Waals surface area contributed by atoms with E-state index in [0.717, 1.165) is 5.92 Å². The number of nitrogens with zero attached hydrogens (tertiary/aromatic N) is 1. The predicted molar refractivity (Wildman–Crippen MR) is 87.1 cm³/mol. The molecular formula is C19H23N. The maximum Gasteiger partial charge on any atom is 0.0374 e. The lowest BCUT2D eigenvalue weighted by Crippen LogP contribution is -2.41. The Morgan fingerprint density at radius 2 is 1.60 bits per heavy atom. The highest BCUT2D eigenvalue weighted by Crippen LogP contribution is 2.30. The minimum absolute atomic E-state index is 0.650. The summed E-state index contributed by atoms with van der Waals surface area (Å²) in [7, 11) is 0. The minimum atomic E-state index is 0.650. The Balaban J connectivity index is 1.91. The second-order valence-electron chi connectivity index (χ2n) is 6.10. The van der Waals surface area contributed by atoms with Crippen molar-refractivity contribution in [2.75, 3.05) is 11.4 Å². The highest BCUT2D eigenvalue weighted by atomic mass is 15.2. The molecule has 0 saturated carbocycles. The molecule has 1 aliphatic heterocycles. The lowest BCUT2D eigenvalue weighted by atomic mass is 9.94. The van der Waals surface area contributed by atoms with Gasteiger partial charge in [-0.1, -0.05) is 49.4 Å². The molecule has 20 heavy (non-hydrogen) atoms. The normalized spacial score (nSPS) is 22.8. The van der Waals surface area contributed by atoms with Crippen LogP contribution in [0.3, 0.4) is 0 Å². The third kappa shape index (κ3) is 2.72. The fourth-order valence-corrected chi connectivity index (χ4v) is 3.14. The predicted octanol–water partition coefficient (Wildman–Crippen LogP) is 4.98.